The van der Waals surface area contributed by atoms with Crippen LogP contribution in [0.3, 0.4) is 0 Å². The van der Waals surface area contributed by atoms with E-state index in [2.05, 4.69) is 6.92 Å². The number of carbonyl (C=O) groups excluding carboxylic acids is 1. The van der Waals surface area contributed by atoms with Crippen LogP contribution in [-0.2, 0) is 6.42 Å². The Balaban J connectivity index is 2.00. The molecule has 1 aliphatic heterocycles. The molecule has 1 amide bonds. The third-order valence-corrected chi connectivity index (χ3v) is 3.34. The third kappa shape index (κ3) is 2.22. The van der Waals surface area contributed by atoms with Crippen molar-refractivity contribution in [2.45, 2.75) is 38.6 Å². The molecule has 1 aliphatic rings. The zero-order valence-corrected chi connectivity index (χ0v) is 10.5. The third-order valence-electron chi connectivity index (χ3n) is 3.34. The monoisotopic (exact) mass is 236 g/mol. The van der Waals surface area contributed by atoms with Gasteiger partial charge in [-0.25, -0.2) is 0 Å². The average molecular weight is 236 g/mol. The molecule has 17 heavy (non-hydrogen) atoms. The Labute approximate surface area is 102 Å². The van der Waals surface area contributed by atoms with Gasteiger partial charge in [-0.3, -0.25) is 4.79 Å². The minimum absolute atomic E-state index is 0.0489. The highest BCUT2D eigenvalue weighted by atomic mass is 16.3. The molecule has 0 atom stereocenters. The van der Waals surface area contributed by atoms with Crippen molar-refractivity contribution in [1.82, 2.24) is 4.90 Å². The van der Waals surface area contributed by atoms with Gasteiger partial charge < -0.3 is 15.1 Å². The fourth-order valence-corrected chi connectivity index (χ4v) is 2.49. The van der Waals surface area contributed by atoms with E-state index >= 15 is 0 Å². The Morgan fingerprint density at radius 1 is 1.53 bits per heavy atom. The van der Waals surface area contributed by atoms with Gasteiger partial charge in [0.05, 0.1) is 17.4 Å². The molecule has 1 saturated heterocycles. The normalized spacial score (nSPS) is 17.9. The molecule has 1 aromatic heterocycles. The van der Waals surface area contributed by atoms with Gasteiger partial charge in [0.15, 0.2) is 0 Å². The van der Waals surface area contributed by atoms with E-state index in [1.165, 1.54) is 0 Å². The predicted octanol–water partition coefficient (Wildman–Crippen LogP) is 1.80. The van der Waals surface area contributed by atoms with E-state index in [0.29, 0.717) is 18.7 Å². The second-order valence-electron chi connectivity index (χ2n) is 4.88. The summed E-state index contributed by atoms with van der Waals surface area (Å²) >= 11 is 0. The number of nitrogens with zero attached hydrogens (tertiary/aromatic N) is 1. The summed E-state index contributed by atoms with van der Waals surface area (Å²) in [6.45, 7) is 5.42. The summed E-state index contributed by atoms with van der Waals surface area (Å²) in [4.78, 5) is 14.0. The van der Waals surface area contributed by atoms with E-state index in [1.54, 1.807) is 17.2 Å². The molecule has 0 aromatic carbocycles. The maximum Gasteiger partial charge on any atom is 0.257 e. The molecule has 2 heterocycles. The van der Waals surface area contributed by atoms with Gasteiger partial charge in [0, 0.05) is 19.5 Å². The molecule has 0 aliphatic carbocycles. The molecule has 0 radical (unpaired) electrons. The quantitative estimate of drug-likeness (QED) is 0.867. The second-order valence-corrected chi connectivity index (χ2v) is 4.88. The van der Waals surface area contributed by atoms with Crippen molar-refractivity contribution in [2.24, 2.45) is 5.73 Å². The summed E-state index contributed by atoms with van der Waals surface area (Å²) in [7, 11) is 0. The van der Waals surface area contributed by atoms with Gasteiger partial charge >= 0.3 is 0 Å². The lowest BCUT2D eigenvalue weighted by atomic mass is 9.86. The SMILES string of the molecule is CCCC1(N)CN(C(=O)c2ccoc2CC)C1. The van der Waals surface area contributed by atoms with Crippen LogP contribution in [0.15, 0.2) is 16.7 Å². The summed E-state index contributed by atoms with van der Waals surface area (Å²) in [6.07, 6.45) is 4.35. The van der Waals surface area contributed by atoms with E-state index in [9.17, 15) is 4.79 Å². The number of rotatable bonds is 4. The first-order valence-corrected chi connectivity index (χ1v) is 6.24. The first-order chi connectivity index (χ1) is 8.09. The Hall–Kier alpha value is -1.29. The molecule has 0 saturated carbocycles. The molecule has 2 rings (SSSR count). The average Bonchev–Trinajstić information content (AvgIpc) is 2.73. The van der Waals surface area contributed by atoms with Crippen LogP contribution in [0, 0.1) is 0 Å². The number of amides is 1. The number of furan rings is 1. The summed E-state index contributed by atoms with van der Waals surface area (Å²) in [5.74, 6) is 0.813. The van der Waals surface area contributed by atoms with Crippen LogP contribution in [0.1, 0.15) is 42.8 Å². The van der Waals surface area contributed by atoms with Crippen molar-refractivity contribution in [3.8, 4) is 0 Å². The zero-order valence-electron chi connectivity index (χ0n) is 10.5. The fourth-order valence-electron chi connectivity index (χ4n) is 2.49. The predicted molar refractivity (Wildman–Crippen MR) is 65.8 cm³/mol. The van der Waals surface area contributed by atoms with Crippen LogP contribution in [-0.4, -0.2) is 29.4 Å². The Morgan fingerprint density at radius 2 is 2.24 bits per heavy atom. The van der Waals surface area contributed by atoms with Crippen LogP contribution < -0.4 is 5.73 Å². The number of hydrogen-bond donors (Lipinski definition) is 1. The smallest absolute Gasteiger partial charge is 0.257 e. The van der Waals surface area contributed by atoms with Crippen LogP contribution >= 0.6 is 0 Å². The number of likely N-dealkylation sites (tertiary alicyclic amines) is 1. The van der Waals surface area contributed by atoms with Crippen LogP contribution in [0.25, 0.3) is 0 Å². The highest BCUT2D eigenvalue weighted by molar-refractivity contribution is 5.95. The molecular weight excluding hydrogens is 216 g/mol. The fraction of sp³-hybridized carbons (Fsp3) is 0.615. The Kier molecular flexibility index (Phi) is 3.24. The number of aryl methyl sites for hydroxylation is 1. The van der Waals surface area contributed by atoms with E-state index in [1.807, 2.05) is 6.92 Å². The van der Waals surface area contributed by atoms with Gasteiger partial charge in [0.25, 0.3) is 5.91 Å². The summed E-state index contributed by atoms with van der Waals surface area (Å²) in [5.41, 5.74) is 6.67. The first-order valence-electron chi connectivity index (χ1n) is 6.24. The molecular formula is C13H20N2O2. The molecule has 0 bridgehead atoms. The molecule has 4 heteroatoms. The number of carbonyl (C=O) groups is 1. The highest BCUT2D eigenvalue weighted by Crippen LogP contribution is 2.26. The van der Waals surface area contributed by atoms with Crippen molar-refractivity contribution in [3.05, 3.63) is 23.7 Å². The maximum absolute atomic E-state index is 12.2. The molecule has 0 spiro atoms. The van der Waals surface area contributed by atoms with Gasteiger partial charge in [-0.05, 0) is 12.5 Å². The summed E-state index contributed by atoms with van der Waals surface area (Å²) in [5, 5.41) is 0. The number of hydrogen-bond acceptors (Lipinski definition) is 3. The van der Waals surface area contributed by atoms with E-state index in [-0.39, 0.29) is 11.4 Å². The van der Waals surface area contributed by atoms with Gasteiger partial charge in [-0.2, -0.15) is 0 Å². The van der Waals surface area contributed by atoms with Gasteiger partial charge in [0.1, 0.15) is 5.76 Å². The first kappa shape index (κ1) is 12.2. The minimum Gasteiger partial charge on any atom is -0.469 e. The topological polar surface area (TPSA) is 59.5 Å². The molecule has 1 aromatic rings. The second kappa shape index (κ2) is 4.53. The van der Waals surface area contributed by atoms with E-state index < -0.39 is 0 Å². The Bertz CT molecular complexity index is 405. The van der Waals surface area contributed by atoms with Crippen molar-refractivity contribution < 1.29 is 9.21 Å². The van der Waals surface area contributed by atoms with Gasteiger partial charge in [-0.1, -0.05) is 20.3 Å². The maximum atomic E-state index is 12.2. The lowest BCUT2D eigenvalue weighted by molar-refractivity contribution is 0.0384. The molecule has 0 unspecified atom stereocenters. The summed E-state index contributed by atoms with van der Waals surface area (Å²) in [6, 6.07) is 1.75. The van der Waals surface area contributed by atoms with Crippen molar-refractivity contribution in [1.29, 1.82) is 0 Å². The van der Waals surface area contributed by atoms with Crippen molar-refractivity contribution in [2.75, 3.05) is 13.1 Å². The Morgan fingerprint density at radius 3 is 2.82 bits per heavy atom. The van der Waals surface area contributed by atoms with Gasteiger partial charge in [0.2, 0.25) is 0 Å². The van der Waals surface area contributed by atoms with Crippen molar-refractivity contribution >= 4 is 5.91 Å². The minimum atomic E-state index is -0.166. The van der Waals surface area contributed by atoms with Crippen LogP contribution in [0.4, 0.5) is 0 Å². The lowest BCUT2D eigenvalue weighted by Gasteiger charge is -2.47. The molecule has 1 fully saturated rings. The largest absolute Gasteiger partial charge is 0.469 e. The molecule has 2 N–H and O–H groups in total. The van der Waals surface area contributed by atoms with E-state index in [0.717, 1.165) is 25.0 Å². The van der Waals surface area contributed by atoms with Crippen molar-refractivity contribution in [3.63, 3.8) is 0 Å². The molecule has 94 valence electrons. The standard InChI is InChI=1S/C13H20N2O2/c1-3-6-13(14)8-15(9-13)12(16)10-5-7-17-11(10)4-2/h5,7H,3-4,6,8-9,14H2,1-2H3. The zero-order chi connectivity index (χ0) is 12.5. The van der Waals surface area contributed by atoms with E-state index in [4.69, 9.17) is 10.2 Å². The summed E-state index contributed by atoms with van der Waals surface area (Å²) < 4.78 is 5.27. The van der Waals surface area contributed by atoms with Crippen LogP contribution in [0.2, 0.25) is 0 Å². The highest BCUT2D eigenvalue weighted by Gasteiger charge is 2.41. The number of nitrogens with two attached hydrogens (primary N) is 1. The van der Waals surface area contributed by atoms with Gasteiger partial charge in [-0.15, -0.1) is 0 Å². The van der Waals surface area contributed by atoms with Crippen LogP contribution in [0.5, 0.6) is 0 Å². The lowest BCUT2D eigenvalue weighted by Crippen LogP contribution is -2.68. The molecule has 4 nitrogen and oxygen atoms in total.